The summed E-state index contributed by atoms with van der Waals surface area (Å²) in [7, 11) is 3.00. The molecule has 3 aromatic rings. The molecule has 0 spiro atoms. The zero-order chi connectivity index (χ0) is 22.7. The number of hydrogen-bond acceptors (Lipinski definition) is 7. The van der Waals surface area contributed by atoms with E-state index in [0.717, 1.165) is 11.1 Å². The fourth-order valence-corrected chi connectivity index (χ4v) is 3.89. The van der Waals surface area contributed by atoms with Crippen LogP contribution in [0.1, 0.15) is 58.7 Å². The molecule has 0 radical (unpaired) electrons. The van der Waals surface area contributed by atoms with E-state index in [1.54, 1.807) is 37.0 Å². The summed E-state index contributed by atoms with van der Waals surface area (Å²) in [5, 5.41) is 25.6. The quantitative estimate of drug-likeness (QED) is 0.394. The van der Waals surface area contributed by atoms with Gasteiger partial charge >= 0.3 is 29.6 Å². The molecule has 0 amide bonds. The van der Waals surface area contributed by atoms with Gasteiger partial charge in [0.2, 0.25) is 5.75 Å². The van der Waals surface area contributed by atoms with Gasteiger partial charge in [0.1, 0.15) is 11.5 Å². The van der Waals surface area contributed by atoms with Crippen LogP contribution in [0, 0.1) is 11.3 Å². The summed E-state index contributed by atoms with van der Waals surface area (Å²) in [6, 6.07) is 9.36. The van der Waals surface area contributed by atoms with Gasteiger partial charge in [0, 0.05) is 31.6 Å². The molecule has 32 heavy (non-hydrogen) atoms. The van der Waals surface area contributed by atoms with Crippen molar-refractivity contribution in [2.24, 2.45) is 7.05 Å². The second-order valence-corrected chi connectivity index (χ2v) is 7.10. The van der Waals surface area contributed by atoms with Gasteiger partial charge in [-0.15, -0.1) is 0 Å². The normalized spacial score (nSPS) is 12.3. The minimum absolute atomic E-state index is 0. The third kappa shape index (κ3) is 4.63. The Morgan fingerprint density at radius 2 is 2.03 bits per heavy atom. The van der Waals surface area contributed by atoms with Crippen LogP contribution in [0.15, 0.2) is 41.5 Å². The fraction of sp³-hybridized carbons (Fsp3) is 0.318. The second-order valence-electron chi connectivity index (χ2n) is 7.10. The van der Waals surface area contributed by atoms with Crippen molar-refractivity contribution in [1.29, 1.82) is 5.26 Å². The number of rotatable bonds is 7. The number of benzene rings is 1. The van der Waals surface area contributed by atoms with E-state index >= 15 is 0 Å². The van der Waals surface area contributed by atoms with Crippen molar-refractivity contribution in [2.75, 3.05) is 7.11 Å². The Hall–Kier alpha value is -2.93. The number of methoxy groups -OCH3 is 1. The van der Waals surface area contributed by atoms with Crippen molar-refractivity contribution in [3.05, 3.63) is 75.2 Å². The van der Waals surface area contributed by atoms with Crippen molar-refractivity contribution in [3.8, 4) is 11.8 Å². The molecule has 1 aromatic carbocycles. The van der Waals surface area contributed by atoms with E-state index in [9.17, 15) is 20.0 Å². The van der Waals surface area contributed by atoms with E-state index in [4.69, 9.17) is 4.74 Å². The predicted octanol–water partition coefficient (Wildman–Crippen LogP) is -1.82. The first kappa shape index (κ1) is 25.3. The van der Waals surface area contributed by atoms with Gasteiger partial charge < -0.3 is 14.6 Å². The summed E-state index contributed by atoms with van der Waals surface area (Å²) in [5.74, 6) is -2.59. The molecule has 2 unspecified atom stereocenters. The smallest absolute Gasteiger partial charge is 0.543 e. The second kappa shape index (κ2) is 10.6. The van der Waals surface area contributed by atoms with Crippen LogP contribution < -0.4 is 45.0 Å². The summed E-state index contributed by atoms with van der Waals surface area (Å²) >= 11 is 0. The number of carboxylic acids is 1. The number of carbonyl (C=O) groups is 1. The monoisotopic (exact) mass is 443 g/mol. The maximum Gasteiger partial charge on any atom is 1.00 e. The third-order valence-corrected chi connectivity index (χ3v) is 5.28. The van der Waals surface area contributed by atoms with E-state index in [2.05, 4.69) is 16.2 Å². The standard InChI is InChI=1S/C22H23N5O4.Na/c1-5-27-20(25-18(22(29)30)19(31-4)21(27)28)13(2)17(15-11-24-26(3)12-15)16-9-7-6-8-14(16)10-23;/h6-9,11-13,17H,5H2,1-4H3,(H,29,30);/q;+1/p-1. The predicted molar refractivity (Wildman–Crippen MR) is 110 cm³/mol. The van der Waals surface area contributed by atoms with Crippen molar-refractivity contribution in [3.63, 3.8) is 0 Å². The number of nitriles is 1. The number of ether oxygens (including phenoxy) is 1. The molecule has 0 aliphatic heterocycles. The number of aryl methyl sites for hydroxylation is 1. The van der Waals surface area contributed by atoms with Gasteiger partial charge in [-0.2, -0.15) is 10.4 Å². The summed E-state index contributed by atoms with van der Waals surface area (Å²) < 4.78 is 8.04. The number of hydrogen-bond donors (Lipinski definition) is 0. The van der Waals surface area contributed by atoms with Crippen LogP contribution in [-0.2, 0) is 13.6 Å². The van der Waals surface area contributed by atoms with Gasteiger partial charge in [0.05, 0.1) is 30.9 Å². The molecule has 2 heterocycles. The summed E-state index contributed by atoms with van der Waals surface area (Å²) in [6.45, 7) is 3.86. The van der Waals surface area contributed by atoms with Crippen LogP contribution in [0.25, 0.3) is 0 Å². The molecule has 0 saturated carbocycles. The van der Waals surface area contributed by atoms with Gasteiger partial charge in [-0.3, -0.25) is 14.0 Å². The molecule has 9 nitrogen and oxygen atoms in total. The molecular weight excluding hydrogens is 421 g/mol. The van der Waals surface area contributed by atoms with Crippen LogP contribution in [0.4, 0.5) is 0 Å². The van der Waals surface area contributed by atoms with Gasteiger partial charge in [0.15, 0.2) is 0 Å². The fourth-order valence-electron chi connectivity index (χ4n) is 3.89. The van der Waals surface area contributed by atoms with Crippen LogP contribution in [0.3, 0.4) is 0 Å². The van der Waals surface area contributed by atoms with E-state index in [-0.39, 0.29) is 47.7 Å². The van der Waals surface area contributed by atoms with Crippen LogP contribution in [0.2, 0.25) is 0 Å². The van der Waals surface area contributed by atoms with Crippen LogP contribution in [0.5, 0.6) is 5.75 Å². The average Bonchev–Trinajstić information content (AvgIpc) is 3.18. The molecule has 2 aromatic heterocycles. The number of carbonyl (C=O) groups excluding carboxylic acids is 1. The summed E-state index contributed by atoms with van der Waals surface area (Å²) in [6.07, 6.45) is 3.51. The zero-order valence-corrected chi connectivity index (χ0v) is 20.7. The Morgan fingerprint density at radius 1 is 1.34 bits per heavy atom. The Kier molecular flexibility index (Phi) is 8.38. The molecule has 2 atom stereocenters. The SMILES string of the molecule is CCn1c(C(C)C(c2cnn(C)c2)c2ccccc2C#N)nc(C(=O)[O-])c(OC)c1=O.[Na+]. The number of aromatic nitrogens is 4. The van der Waals surface area contributed by atoms with Crippen molar-refractivity contribution >= 4 is 5.97 Å². The molecule has 0 aliphatic rings. The maximum absolute atomic E-state index is 12.9. The first-order chi connectivity index (χ1) is 14.8. The average molecular weight is 443 g/mol. The van der Waals surface area contributed by atoms with Gasteiger partial charge in [0.25, 0.3) is 5.56 Å². The Morgan fingerprint density at radius 3 is 2.56 bits per heavy atom. The minimum Gasteiger partial charge on any atom is -0.543 e. The number of nitrogens with zero attached hydrogens (tertiary/aromatic N) is 5. The van der Waals surface area contributed by atoms with E-state index in [1.165, 1.54) is 11.7 Å². The molecular formula is C22H22N5NaO4. The van der Waals surface area contributed by atoms with Crippen LogP contribution in [-0.4, -0.2) is 32.4 Å². The molecule has 0 saturated heterocycles. The molecule has 160 valence electrons. The number of carboxylic acid groups (broad SMARTS) is 1. The molecule has 0 aliphatic carbocycles. The third-order valence-electron chi connectivity index (χ3n) is 5.28. The molecule has 10 heteroatoms. The largest absolute Gasteiger partial charge is 1.00 e. The van der Waals surface area contributed by atoms with Gasteiger partial charge in [-0.25, -0.2) is 4.98 Å². The topological polar surface area (TPSA) is 126 Å². The minimum atomic E-state index is -1.60. The maximum atomic E-state index is 12.9. The van der Waals surface area contributed by atoms with Crippen molar-refractivity contribution in [2.45, 2.75) is 32.2 Å². The van der Waals surface area contributed by atoms with E-state index in [1.807, 2.05) is 25.3 Å². The molecule has 0 bridgehead atoms. The van der Waals surface area contributed by atoms with Gasteiger partial charge in [-0.05, 0) is 24.1 Å². The summed E-state index contributed by atoms with van der Waals surface area (Å²) in [5.41, 5.74) is 0.869. The van der Waals surface area contributed by atoms with E-state index in [0.29, 0.717) is 5.56 Å². The first-order valence-electron chi connectivity index (χ1n) is 9.71. The van der Waals surface area contributed by atoms with E-state index < -0.39 is 29.1 Å². The Labute approximate surface area is 207 Å². The molecule has 0 fully saturated rings. The first-order valence-corrected chi connectivity index (χ1v) is 9.71. The Balaban J connectivity index is 0.00000363. The summed E-state index contributed by atoms with van der Waals surface area (Å²) in [4.78, 5) is 28.9. The molecule has 3 rings (SSSR count). The zero-order valence-electron chi connectivity index (χ0n) is 18.7. The van der Waals surface area contributed by atoms with Crippen LogP contribution >= 0.6 is 0 Å². The van der Waals surface area contributed by atoms with Gasteiger partial charge in [-0.1, -0.05) is 25.1 Å². The van der Waals surface area contributed by atoms with Crippen molar-refractivity contribution in [1.82, 2.24) is 19.3 Å². The Bertz CT molecular complexity index is 1230. The van der Waals surface area contributed by atoms with Crippen molar-refractivity contribution < 1.29 is 44.2 Å². The molecule has 0 N–H and O–H groups in total. The number of aromatic carboxylic acids is 1.